The molecule has 0 aliphatic carbocycles. The van der Waals surface area contributed by atoms with Gasteiger partial charge in [0.1, 0.15) is 18.1 Å². The Morgan fingerprint density at radius 3 is 2.59 bits per heavy atom. The molecule has 0 fully saturated rings. The molecular weight excluding hydrogens is 306 g/mol. The van der Waals surface area contributed by atoms with Gasteiger partial charge in [-0.05, 0) is 24.3 Å². The van der Waals surface area contributed by atoms with E-state index in [0.29, 0.717) is 40.2 Å². The molecule has 114 valence electrons. The number of fused-ring (bicyclic) bond motifs is 1. The SMILES string of the molecule is COC(=O)c1ccc(C(=O)Nc2ccc3c(c2)OCCO3)s1. The molecule has 1 aromatic carbocycles. The zero-order valence-electron chi connectivity index (χ0n) is 11.8. The molecule has 3 rings (SSSR count). The van der Waals surface area contributed by atoms with E-state index in [2.05, 4.69) is 10.1 Å². The molecular formula is C15H13NO5S. The first kappa shape index (κ1) is 14.4. The molecule has 1 aliphatic heterocycles. The van der Waals surface area contributed by atoms with Gasteiger partial charge in [-0.2, -0.15) is 0 Å². The maximum atomic E-state index is 12.2. The van der Waals surface area contributed by atoms with Crippen LogP contribution in [0.25, 0.3) is 0 Å². The van der Waals surface area contributed by atoms with E-state index in [4.69, 9.17) is 9.47 Å². The zero-order valence-corrected chi connectivity index (χ0v) is 12.6. The number of carbonyl (C=O) groups excluding carboxylic acids is 2. The van der Waals surface area contributed by atoms with Crippen LogP contribution in [-0.2, 0) is 4.74 Å². The second-order valence-corrected chi connectivity index (χ2v) is 5.55. The van der Waals surface area contributed by atoms with E-state index in [0.717, 1.165) is 11.3 Å². The largest absolute Gasteiger partial charge is 0.486 e. The van der Waals surface area contributed by atoms with E-state index in [1.165, 1.54) is 7.11 Å². The van der Waals surface area contributed by atoms with Crippen LogP contribution in [0.5, 0.6) is 11.5 Å². The van der Waals surface area contributed by atoms with Crippen molar-refractivity contribution in [2.75, 3.05) is 25.6 Å². The van der Waals surface area contributed by atoms with Gasteiger partial charge < -0.3 is 19.5 Å². The lowest BCUT2D eigenvalue weighted by Gasteiger charge is -2.18. The second-order valence-electron chi connectivity index (χ2n) is 4.47. The Balaban J connectivity index is 1.74. The van der Waals surface area contributed by atoms with E-state index in [9.17, 15) is 9.59 Å². The van der Waals surface area contributed by atoms with E-state index >= 15 is 0 Å². The third-order valence-electron chi connectivity index (χ3n) is 3.02. The minimum Gasteiger partial charge on any atom is -0.486 e. The summed E-state index contributed by atoms with van der Waals surface area (Å²) in [7, 11) is 1.30. The predicted molar refractivity (Wildman–Crippen MR) is 81.0 cm³/mol. The monoisotopic (exact) mass is 319 g/mol. The van der Waals surface area contributed by atoms with Gasteiger partial charge in [0.25, 0.3) is 5.91 Å². The summed E-state index contributed by atoms with van der Waals surface area (Å²) in [6.45, 7) is 1.00. The zero-order chi connectivity index (χ0) is 15.5. The molecule has 2 heterocycles. The molecule has 0 radical (unpaired) electrons. The summed E-state index contributed by atoms with van der Waals surface area (Å²) < 4.78 is 15.5. The summed E-state index contributed by atoms with van der Waals surface area (Å²) in [5.41, 5.74) is 0.599. The lowest BCUT2D eigenvalue weighted by molar-refractivity contribution is 0.0606. The van der Waals surface area contributed by atoms with Gasteiger partial charge in [0, 0.05) is 11.8 Å². The number of benzene rings is 1. The highest BCUT2D eigenvalue weighted by molar-refractivity contribution is 7.16. The highest BCUT2D eigenvalue weighted by atomic mass is 32.1. The number of rotatable bonds is 3. The van der Waals surface area contributed by atoms with Gasteiger partial charge in [0.2, 0.25) is 0 Å². The van der Waals surface area contributed by atoms with Gasteiger partial charge in [0.05, 0.1) is 12.0 Å². The summed E-state index contributed by atoms with van der Waals surface area (Å²) in [4.78, 5) is 24.4. The minimum absolute atomic E-state index is 0.295. The van der Waals surface area contributed by atoms with Crippen LogP contribution in [0, 0.1) is 0 Å². The van der Waals surface area contributed by atoms with Crippen LogP contribution in [0.15, 0.2) is 30.3 Å². The lowest BCUT2D eigenvalue weighted by atomic mass is 10.2. The van der Waals surface area contributed by atoms with Crippen LogP contribution in [0.3, 0.4) is 0 Å². The smallest absolute Gasteiger partial charge is 0.348 e. The average molecular weight is 319 g/mol. The standard InChI is InChI=1S/C15H13NO5S/c1-19-15(18)13-5-4-12(22-13)14(17)16-9-2-3-10-11(8-9)21-7-6-20-10/h2-5,8H,6-7H2,1H3,(H,16,17). The second kappa shape index (κ2) is 6.07. The third kappa shape index (κ3) is 2.89. The predicted octanol–water partition coefficient (Wildman–Crippen LogP) is 2.56. The first-order valence-electron chi connectivity index (χ1n) is 6.56. The van der Waals surface area contributed by atoms with Gasteiger partial charge in [-0.15, -0.1) is 11.3 Å². The van der Waals surface area contributed by atoms with Gasteiger partial charge in [-0.25, -0.2) is 4.79 Å². The van der Waals surface area contributed by atoms with E-state index < -0.39 is 5.97 Å². The first-order valence-corrected chi connectivity index (χ1v) is 7.38. The van der Waals surface area contributed by atoms with Crippen LogP contribution >= 0.6 is 11.3 Å². The number of thiophene rings is 1. The van der Waals surface area contributed by atoms with Crippen molar-refractivity contribution in [1.82, 2.24) is 0 Å². The van der Waals surface area contributed by atoms with Crippen molar-refractivity contribution >= 4 is 28.9 Å². The lowest BCUT2D eigenvalue weighted by Crippen LogP contribution is -2.16. The van der Waals surface area contributed by atoms with Crippen LogP contribution in [0.4, 0.5) is 5.69 Å². The van der Waals surface area contributed by atoms with E-state index in [-0.39, 0.29) is 5.91 Å². The normalized spacial score (nSPS) is 12.6. The van der Waals surface area contributed by atoms with E-state index in [1.807, 2.05) is 0 Å². The molecule has 2 aromatic rings. The van der Waals surface area contributed by atoms with Crippen LogP contribution in [-0.4, -0.2) is 32.2 Å². The molecule has 1 aromatic heterocycles. The van der Waals surface area contributed by atoms with Gasteiger partial charge >= 0.3 is 5.97 Å². The molecule has 0 saturated carbocycles. The number of esters is 1. The molecule has 1 amide bonds. The summed E-state index contributed by atoms with van der Waals surface area (Å²) in [5, 5.41) is 2.76. The molecule has 0 spiro atoms. The third-order valence-corrected chi connectivity index (χ3v) is 4.08. The van der Waals surface area contributed by atoms with Crippen molar-refractivity contribution in [2.24, 2.45) is 0 Å². The number of methoxy groups -OCH3 is 1. The summed E-state index contributed by atoms with van der Waals surface area (Å²) in [6.07, 6.45) is 0. The molecule has 0 atom stereocenters. The molecule has 6 nitrogen and oxygen atoms in total. The molecule has 7 heteroatoms. The highest BCUT2D eigenvalue weighted by Crippen LogP contribution is 2.32. The van der Waals surface area contributed by atoms with Crippen LogP contribution in [0.2, 0.25) is 0 Å². The fraction of sp³-hybridized carbons (Fsp3) is 0.200. The van der Waals surface area contributed by atoms with Gasteiger partial charge in [-0.3, -0.25) is 4.79 Å². The Bertz CT molecular complexity index is 724. The number of hydrogen-bond donors (Lipinski definition) is 1. The molecule has 0 unspecified atom stereocenters. The highest BCUT2D eigenvalue weighted by Gasteiger charge is 2.16. The molecule has 1 aliphatic rings. The van der Waals surface area contributed by atoms with Crippen LogP contribution < -0.4 is 14.8 Å². The van der Waals surface area contributed by atoms with Crippen molar-refractivity contribution in [2.45, 2.75) is 0 Å². The fourth-order valence-electron chi connectivity index (χ4n) is 1.98. The van der Waals surface area contributed by atoms with Crippen molar-refractivity contribution < 1.29 is 23.8 Å². The number of hydrogen-bond acceptors (Lipinski definition) is 6. The number of carbonyl (C=O) groups is 2. The number of anilines is 1. The molecule has 1 N–H and O–H groups in total. The minimum atomic E-state index is -0.455. The number of nitrogens with one attached hydrogen (secondary N) is 1. The van der Waals surface area contributed by atoms with E-state index in [1.54, 1.807) is 30.3 Å². The van der Waals surface area contributed by atoms with Gasteiger partial charge in [-0.1, -0.05) is 0 Å². The first-order chi connectivity index (χ1) is 10.7. The number of amides is 1. The number of ether oxygens (including phenoxy) is 3. The van der Waals surface area contributed by atoms with Crippen molar-refractivity contribution in [3.63, 3.8) is 0 Å². The molecule has 22 heavy (non-hydrogen) atoms. The Hall–Kier alpha value is -2.54. The van der Waals surface area contributed by atoms with Gasteiger partial charge in [0.15, 0.2) is 11.5 Å². The average Bonchev–Trinajstić information content (AvgIpc) is 3.04. The summed E-state index contributed by atoms with van der Waals surface area (Å²) in [5.74, 6) is 0.513. The maximum absolute atomic E-state index is 12.2. The summed E-state index contributed by atoms with van der Waals surface area (Å²) in [6, 6.07) is 8.35. The van der Waals surface area contributed by atoms with Crippen molar-refractivity contribution in [1.29, 1.82) is 0 Å². The quantitative estimate of drug-likeness (QED) is 0.880. The maximum Gasteiger partial charge on any atom is 0.348 e. The fourth-order valence-corrected chi connectivity index (χ4v) is 2.80. The topological polar surface area (TPSA) is 73.9 Å². The molecule has 0 bridgehead atoms. The Morgan fingerprint density at radius 2 is 1.82 bits per heavy atom. The Kier molecular flexibility index (Phi) is 3.97. The summed E-state index contributed by atoms with van der Waals surface area (Å²) >= 11 is 1.08. The van der Waals surface area contributed by atoms with Crippen molar-refractivity contribution in [3.05, 3.63) is 40.1 Å². The van der Waals surface area contributed by atoms with Crippen molar-refractivity contribution in [3.8, 4) is 11.5 Å². The molecule has 0 saturated heterocycles. The Labute approximate surface area is 130 Å². The Morgan fingerprint density at radius 1 is 1.09 bits per heavy atom. The van der Waals surface area contributed by atoms with Crippen LogP contribution in [0.1, 0.15) is 19.3 Å².